The second kappa shape index (κ2) is 7.64. The number of amides is 1. The number of ether oxygens (including phenoxy) is 2. The van der Waals surface area contributed by atoms with E-state index in [1.165, 1.54) is 25.3 Å². The zero-order valence-electron chi connectivity index (χ0n) is 13.7. The summed E-state index contributed by atoms with van der Waals surface area (Å²) in [6, 6.07) is 12.8. The molecule has 6 nitrogen and oxygen atoms in total. The van der Waals surface area contributed by atoms with Crippen molar-refractivity contribution < 1.29 is 23.0 Å². The van der Waals surface area contributed by atoms with Crippen LogP contribution in [0.2, 0.25) is 0 Å². The van der Waals surface area contributed by atoms with Crippen LogP contribution in [0.15, 0.2) is 60.9 Å². The number of aromatic nitrogens is 2. The molecule has 0 aliphatic rings. The molecular weight excluding hydrogens is 344 g/mol. The molecule has 1 amide bonds. The van der Waals surface area contributed by atoms with Gasteiger partial charge in [0.05, 0.1) is 12.8 Å². The molecule has 1 aromatic heterocycles. The van der Waals surface area contributed by atoms with Gasteiger partial charge in [0.2, 0.25) is 0 Å². The van der Waals surface area contributed by atoms with E-state index in [2.05, 4.69) is 15.2 Å². The van der Waals surface area contributed by atoms with Gasteiger partial charge < -0.3 is 14.8 Å². The molecule has 0 saturated carbocycles. The lowest BCUT2D eigenvalue weighted by Gasteiger charge is -2.12. The van der Waals surface area contributed by atoms with Crippen LogP contribution in [0.5, 0.6) is 11.5 Å². The second-order valence-electron chi connectivity index (χ2n) is 5.20. The number of carbonyl (C=O) groups is 1. The van der Waals surface area contributed by atoms with Crippen LogP contribution in [0.1, 0.15) is 10.4 Å². The Balaban J connectivity index is 1.75. The number of rotatable bonds is 6. The third-order valence-corrected chi connectivity index (χ3v) is 3.54. The van der Waals surface area contributed by atoms with E-state index in [0.29, 0.717) is 11.3 Å². The van der Waals surface area contributed by atoms with E-state index in [4.69, 9.17) is 4.74 Å². The summed E-state index contributed by atoms with van der Waals surface area (Å²) < 4.78 is 36.0. The Morgan fingerprint density at radius 1 is 1.15 bits per heavy atom. The fourth-order valence-electron chi connectivity index (χ4n) is 2.33. The van der Waals surface area contributed by atoms with Crippen molar-refractivity contribution in [3.05, 3.63) is 66.5 Å². The van der Waals surface area contributed by atoms with Crippen molar-refractivity contribution in [2.24, 2.45) is 0 Å². The van der Waals surface area contributed by atoms with Gasteiger partial charge in [0.15, 0.2) is 11.5 Å². The first-order valence-corrected chi connectivity index (χ1v) is 7.61. The maximum atomic E-state index is 12.5. The van der Waals surface area contributed by atoms with Gasteiger partial charge in [0.25, 0.3) is 5.91 Å². The molecule has 0 unspecified atom stereocenters. The average Bonchev–Trinajstić information content (AvgIpc) is 3.16. The predicted octanol–water partition coefficient (Wildman–Crippen LogP) is 3.73. The fraction of sp³-hybridized carbons (Fsp3) is 0.111. The first kappa shape index (κ1) is 17.4. The number of anilines is 1. The highest BCUT2D eigenvalue weighted by Crippen LogP contribution is 2.31. The van der Waals surface area contributed by atoms with Gasteiger partial charge in [-0.3, -0.25) is 4.79 Å². The molecule has 0 atom stereocenters. The third-order valence-electron chi connectivity index (χ3n) is 3.54. The normalized spacial score (nSPS) is 10.6. The summed E-state index contributed by atoms with van der Waals surface area (Å²) in [7, 11) is 1.34. The smallest absolute Gasteiger partial charge is 0.387 e. The van der Waals surface area contributed by atoms with E-state index >= 15 is 0 Å². The third kappa shape index (κ3) is 3.97. The number of nitrogens with zero attached hydrogens (tertiary/aromatic N) is 2. The second-order valence-corrected chi connectivity index (χ2v) is 5.20. The molecule has 0 fully saturated rings. The molecule has 1 heterocycles. The number of benzene rings is 2. The van der Waals surface area contributed by atoms with Gasteiger partial charge in [-0.05, 0) is 42.5 Å². The summed E-state index contributed by atoms with van der Waals surface area (Å²) in [6.07, 6.45) is 3.44. The van der Waals surface area contributed by atoms with E-state index in [-0.39, 0.29) is 17.4 Å². The summed E-state index contributed by atoms with van der Waals surface area (Å²) in [5, 5.41) is 6.74. The molecule has 3 aromatic rings. The summed E-state index contributed by atoms with van der Waals surface area (Å²) in [5.74, 6) is -0.397. The molecule has 0 aliphatic carbocycles. The number of halogens is 2. The van der Waals surface area contributed by atoms with Crippen LogP contribution in [0.25, 0.3) is 5.69 Å². The van der Waals surface area contributed by atoms with E-state index in [1.807, 2.05) is 0 Å². The number of alkyl halides is 2. The van der Waals surface area contributed by atoms with Crippen LogP contribution < -0.4 is 14.8 Å². The van der Waals surface area contributed by atoms with Gasteiger partial charge in [-0.25, -0.2) is 4.68 Å². The highest BCUT2D eigenvalue weighted by atomic mass is 19.3. The van der Waals surface area contributed by atoms with Gasteiger partial charge in [0, 0.05) is 29.7 Å². The predicted molar refractivity (Wildman–Crippen MR) is 91.1 cm³/mol. The van der Waals surface area contributed by atoms with Gasteiger partial charge in [-0.1, -0.05) is 0 Å². The summed E-state index contributed by atoms with van der Waals surface area (Å²) in [6.45, 7) is -3.00. The average molecular weight is 359 g/mol. The maximum Gasteiger partial charge on any atom is 0.387 e. The zero-order valence-corrected chi connectivity index (χ0v) is 13.7. The molecule has 8 heteroatoms. The molecule has 0 aliphatic heterocycles. The SMILES string of the molecule is COc1ccc(NC(=O)c2ccc(-n3cccn3)cc2)cc1OC(F)F. The molecule has 0 bridgehead atoms. The van der Waals surface area contributed by atoms with Crippen LogP contribution in [0.3, 0.4) is 0 Å². The highest BCUT2D eigenvalue weighted by Gasteiger charge is 2.13. The van der Waals surface area contributed by atoms with Crippen LogP contribution >= 0.6 is 0 Å². The van der Waals surface area contributed by atoms with Gasteiger partial charge in [0.1, 0.15) is 0 Å². The van der Waals surface area contributed by atoms with Gasteiger partial charge >= 0.3 is 6.61 Å². The largest absolute Gasteiger partial charge is 0.493 e. The molecular formula is C18H15F2N3O3. The molecule has 26 heavy (non-hydrogen) atoms. The van der Waals surface area contributed by atoms with Crippen LogP contribution in [-0.4, -0.2) is 29.4 Å². The first-order valence-electron chi connectivity index (χ1n) is 7.61. The minimum absolute atomic E-state index is 0.145. The number of hydrogen-bond acceptors (Lipinski definition) is 4. The van der Waals surface area contributed by atoms with E-state index in [9.17, 15) is 13.6 Å². The number of methoxy groups -OCH3 is 1. The van der Waals surface area contributed by atoms with Crippen molar-refractivity contribution >= 4 is 11.6 Å². The lowest BCUT2D eigenvalue weighted by atomic mass is 10.2. The summed E-state index contributed by atoms with van der Waals surface area (Å²) in [5.41, 5.74) is 1.53. The quantitative estimate of drug-likeness (QED) is 0.728. The van der Waals surface area contributed by atoms with Crippen molar-refractivity contribution in [2.45, 2.75) is 6.61 Å². The first-order chi connectivity index (χ1) is 12.6. The van der Waals surface area contributed by atoms with Crippen LogP contribution in [0.4, 0.5) is 14.5 Å². The summed E-state index contributed by atoms with van der Waals surface area (Å²) in [4.78, 5) is 12.3. The number of carbonyl (C=O) groups excluding carboxylic acids is 1. The minimum Gasteiger partial charge on any atom is -0.493 e. The standard InChI is InChI=1S/C18H15F2N3O3/c1-25-15-8-5-13(11-16(15)26-18(19)20)22-17(24)12-3-6-14(7-4-12)23-10-2-9-21-23/h2-11,18H,1H3,(H,22,24). The molecule has 2 aromatic carbocycles. The van der Waals surface area contributed by atoms with E-state index in [0.717, 1.165) is 5.69 Å². The molecule has 1 N–H and O–H groups in total. The molecule has 3 rings (SSSR count). The van der Waals surface area contributed by atoms with Crippen molar-refractivity contribution in [3.63, 3.8) is 0 Å². The Morgan fingerprint density at radius 2 is 1.92 bits per heavy atom. The molecule has 0 radical (unpaired) electrons. The van der Waals surface area contributed by atoms with Gasteiger partial charge in [-0.2, -0.15) is 13.9 Å². The van der Waals surface area contributed by atoms with Crippen molar-refractivity contribution in [3.8, 4) is 17.2 Å². The Labute approximate surface area is 148 Å². The zero-order chi connectivity index (χ0) is 18.5. The van der Waals surface area contributed by atoms with Crippen LogP contribution in [0, 0.1) is 0 Å². The Kier molecular flexibility index (Phi) is 5.12. The van der Waals surface area contributed by atoms with Crippen molar-refractivity contribution in [1.29, 1.82) is 0 Å². The number of nitrogens with one attached hydrogen (secondary N) is 1. The minimum atomic E-state index is -3.00. The van der Waals surface area contributed by atoms with Crippen LogP contribution in [-0.2, 0) is 0 Å². The Bertz CT molecular complexity index is 881. The molecule has 0 spiro atoms. The van der Waals surface area contributed by atoms with E-state index in [1.54, 1.807) is 47.4 Å². The van der Waals surface area contributed by atoms with Crippen molar-refractivity contribution in [1.82, 2.24) is 9.78 Å². The summed E-state index contributed by atoms with van der Waals surface area (Å²) >= 11 is 0. The maximum absolute atomic E-state index is 12.5. The lowest BCUT2D eigenvalue weighted by molar-refractivity contribution is -0.0511. The topological polar surface area (TPSA) is 65.4 Å². The van der Waals surface area contributed by atoms with Crippen molar-refractivity contribution in [2.75, 3.05) is 12.4 Å². The highest BCUT2D eigenvalue weighted by molar-refractivity contribution is 6.04. The number of hydrogen-bond donors (Lipinski definition) is 1. The molecule has 0 saturated heterocycles. The van der Waals surface area contributed by atoms with Gasteiger partial charge in [-0.15, -0.1) is 0 Å². The lowest BCUT2D eigenvalue weighted by Crippen LogP contribution is -2.12. The molecule has 134 valence electrons. The fourth-order valence-corrected chi connectivity index (χ4v) is 2.33. The monoisotopic (exact) mass is 359 g/mol. The Morgan fingerprint density at radius 3 is 2.54 bits per heavy atom. The Hall–Kier alpha value is -3.42. The van der Waals surface area contributed by atoms with E-state index < -0.39 is 6.61 Å².